The molecule has 1 aliphatic rings. The predicted molar refractivity (Wildman–Crippen MR) is 46.4 cm³/mol. The van der Waals surface area contributed by atoms with Crippen LogP contribution in [0.1, 0.15) is 27.7 Å². The number of nitrogens with zero attached hydrogens (tertiary/aromatic N) is 1. The maximum absolute atomic E-state index is 5.77. The molecule has 1 aliphatic heterocycles. The van der Waals surface area contributed by atoms with Crippen molar-refractivity contribution >= 4 is 0 Å². The molecular weight excluding hydrogens is 138 g/mol. The Labute approximate surface area is 69.5 Å². The lowest BCUT2D eigenvalue weighted by atomic mass is 10.1. The average molecular weight is 157 g/mol. The van der Waals surface area contributed by atoms with Gasteiger partial charge < -0.3 is 4.74 Å². The van der Waals surface area contributed by atoms with Gasteiger partial charge in [-0.1, -0.05) is 13.8 Å². The van der Waals surface area contributed by atoms with Crippen molar-refractivity contribution in [2.24, 2.45) is 5.92 Å². The molecule has 0 spiro atoms. The smallest absolute Gasteiger partial charge is 0.113 e. The minimum atomic E-state index is 0.319. The van der Waals surface area contributed by atoms with E-state index in [2.05, 4.69) is 39.6 Å². The summed E-state index contributed by atoms with van der Waals surface area (Å²) in [4.78, 5) is 2.31. The summed E-state index contributed by atoms with van der Waals surface area (Å²) in [6, 6.07) is 0.558. The summed E-state index contributed by atoms with van der Waals surface area (Å²) in [6.45, 7) is 8.76. The summed E-state index contributed by atoms with van der Waals surface area (Å²) in [5, 5.41) is 0. The highest BCUT2D eigenvalue weighted by atomic mass is 16.5. The van der Waals surface area contributed by atoms with Gasteiger partial charge in [0.25, 0.3) is 0 Å². The molecule has 66 valence electrons. The molecular formula is C9H19NO. The number of likely N-dealkylation sites (N-methyl/N-ethyl adjacent to an activating group) is 1. The van der Waals surface area contributed by atoms with Crippen LogP contribution >= 0.6 is 0 Å². The molecule has 0 bridgehead atoms. The van der Waals surface area contributed by atoms with E-state index in [4.69, 9.17) is 4.74 Å². The first kappa shape index (κ1) is 9.01. The standard InChI is InChI=1S/C9H19NO/c1-6(2)9-10(5)7(3)8(4)11-9/h6-9H,1-5H3. The molecule has 0 aromatic heterocycles. The second kappa shape index (κ2) is 3.11. The van der Waals surface area contributed by atoms with Crippen LogP contribution in [0.3, 0.4) is 0 Å². The maximum Gasteiger partial charge on any atom is 0.113 e. The van der Waals surface area contributed by atoms with Gasteiger partial charge in [0.05, 0.1) is 6.10 Å². The van der Waals surface area contributed by atoms with E-state index in [0.717, 1.165) is 0 Å². The quantitative estimate of drug-likeness (QED) is 0.574. The van der Waals surface area contributed by atoms with E-state index in [1.165, 1.54) is 0 Å². The number of hydrogen-bond donors (Lipinski definition) is 0. The van der Waals surface area contributed by atoms with Crippen molar-refractivity contribution in [2.75, 3.05) is 7.05 Å². The molecule has 0 aliphatic carbocycles. The minimum Gasteiger partial charge on any atom is -0.358 e. The van der Waals surface area contributed by atoms with E-state index in [-0.39, 0.29) is 0 Å². The second-order valence-corrected chi connectivity index (χ2v) is 3.88. The Bertz CT molecular complexity index is 136. The van der Waals surface area contributed by atoms with Crippen LogP contribution in [-0.2, 0) is 4.74 Å². The Kier molecular flexibility index (Phi) is 2.55. The van der Waals surface area contributed by atoms with E-state index in [9.17, 15) is 0 Å². The molecule has 0 N–H and O–H groups in total. The van der Waals surface area contributed by atoms with E-state index < -0.39 is 0 Å². The predicted octanol–water partition coefficient (Wildman–Crippen LogP) is 1.71. The Morgan fingerprint density at radius 3 is 2.00 bits per heavy atom. The summed E-state index contributed by atoms with van der Waals surface area (Å²) in [5.74, 6) is 0.590. The molecule has 2 heteroatoms. The number of ether oxygens (including phenoxy) is 1. The molecule has 2 nitrogen and oxygen atoms in total. The third kappa shape index (κ3) is 1.57. The zero-order chi connectivity index (χ0) is 8.59. The highest BCUT2D eigenvalue weighted by Gasteiger charge is 2.35. The van der Waals surface area contributed by atoms with E-state index >= 15 is 0 Å². The zero-order valence-electron chi connectivity index (χ0n) is 8.16. The van der Waals surface area contributed by atoms with Crippen molar-refractivity contribution in [2.45, 2.75) is 46.1 Å². The van der Waals surface area contributed by atoms with Gasteiger partial charge >= 0.3 is 0 Å². The lowest BCUT2D eigenvalue weighted by Crippen LogP contribution is -2.35. The lowest BCUT2D eigenvalue weighted by Gasteiger charge is -2.23. The summed E-state index contributed by atoms with van der Waals surface area (Å²) in [7, 11) is 2.14. The van der Waals surface area contributed by atoms with E-state index in [1.54, 1.807) is 0 Å². The Morgan fingerprint density at radius 2 is 1.82 bits per heavy atom. The fraction of sp³-hybridized carbons (Fsp3) is 1.00. The van der Waals surface area contributed by atoms with Gasteiger partial charge in [-0.15, -0.1) is 0 Å². The highest BCUT2D eigenvalue weighted by molar-refractivity contribution is 4.82. The van der Waals surface area contributed by atoms with Crippen LogP contribution < -0.4 is 0 Å². The molecule has 0 radical (unpaired) electrons. The minimum absolute atomic E-state index is 0.319. The molecule has 3 unspecified atom stereocenters. The van der Waals surface area contributed by atoms with E-state index in [0.29, 0.717) is 24.3 Å². The van der Waals surface area contributed by atoms with Crippen molar-refractivity contribution < 1.29 is 4.74 Å². The van der Waals surface area contributed by atoms with Crippen LogP contribution in [-0.4, -0.2) is 30.3 Å². The zero-order valence-corrected chi connectivity index (χ0v) is 8.16. The molecule has 1 fully saturated rings. The highest BCUT2D eigenvalue weighted by Crippen LogP contribution is 2.25. The molecule has 11 heavy (non-hydrogen) atoms. The van der Waals surface area contributed by atoms with Gasteiger partial charge in [-0.25, -0.2) is 0 Å². The molecule has 3 atom stereocenters. The van der Waals surface area contributed by atoms with Crippen molar-refractivity contribution in [3.63, 3.8) is 0 Å². The van der Waals surface area contributed by atoms with Gasteiger partial charge in [0.1, 0.15) is 6.23 Å². The number of hydrogen-bond acceptors (Lipinski definition) is 2. The molecule has 1 saturated heterocycles. The Balaban J connectivity index is 2.59. The molecule has 1 heterocycles. The molecule has 0 saturated carbocycles. The monoisotopic (exact) mass is 157 g/mol. The Hall–Kier alpha value is -0.0800. The summed E-state index contributed by atoms with van der Waals surface area (Å²) >= 11 is 0. The van der Waals surface area contributed by atoms with Crippen LogP contribution in [0.5, 0.6) is 0 Å². The van der Waals surface area contributed by atoms with Gasteiger partial charge in [0.2, 0.25) is 0 Å². The number of rotatable bonds is 1. The summed E-state index contributed by atoms with van der Waals surface area (Å²) < 4.78 is 5.77. The average Bonchev–Trinajstić information content (AvgIpc) is 2.17. The molecule has 0 aromatic rings. The summed E-state index contributed by atoms with van der Waals surface area (Å²) in [6.07, 6.45) is 0.701. The molecule has 1 rings (SSSR count). The maximum atomic E-state index is 5.77. The van der Waals surface area contributed by atoms with Gasteiger partial charge in [-0.05, 0) is 26.8 Å². The third-order valence-corrected chi connectivity index (χ3v) is 2.65. The fourth-order valence-electron chi connectivity index (χ4n) is 1.62. The second-order valence-electron chi connectivity index (χ2n) is 3.88. The van der Waals surface area contributed by atoms with Crippen molar-refractivity contribution in [3.05, 3.63) is 0 Å². The van der Waals surface area contributed by atoms with Crippen LogP contribution in [0.4, 0.5) is 0 Å². The van der Waals surface area contributed by atoms with Crippen LogP contribution in [0.25, 0.3) is 0 Å². The van der Waals surface area contributed by atoms with Crippen LogP contribution in [0.2, 0.25) is 0 Å². The normalized spacial score (nSPS) is 40.4. The molecule has 0 aromatic carbocycles. The first-order chi connectivity index (χ1) is 5.04. The topological polar surface area (TPSA) is 12.5 Å². The first-order valence-electron chi connectivity index (χ1n) is 4.41. The van der Waals surface area contributed by atoms with Gasteiger partial charge in [-0.3, -0.25) is 4.90 Å². The Morgan fingerprint density at radius 1 is 1.27 bits per heavy atom. The van der Waals surface area contributed by atoms with Crippen molar-refractivity contribution in [1.82, 2.24) is 4.90 Å². The van der Waals surface area contributed by atoms with Crippen molar-refractivity contribution in [1.29, 1.82) is 0 Å². The molecule has 0 amide bonds. The fourth-order valence-corrected chi connectivity index (χ4v) is 1.62. The van der Waals surface area contributed by atoms with Crippen molar-refractivity contribution in [3.8, 4) is 0 Å². The van der Waals surface area contributed by atoms with Gasteiger partial charge in [0.15, 0.2) is 0 Å². The summed E-state index contributed by atoms with van der Waals surface area (Å²) in [5.41, 5.74) is 0. The first-order valence-corrected chi connectivity index (χ1v) is 4.41. The third-order valence-electron chi connectivity index (χ3n) is 2.65. The SMILES string of the molecule is CC(C)C1OC(C)C(C)N1C. The van der Waals surface area contributed by atoms with Crippen LogP contribution in [0, 0.1) is 5.92 Å². The van der Waals surface area contributed by atoms with Gasteiger partial charge in [-0.2, -0.15) is 0 Å². The van der Waals surface area contributed by atoms with Gasteiger partial charge in [0, 0.05) is 6.04 Å². The van der Waals surface area contributed by atoms with E-state index in [1.807, 2.05) is 0 Å². The largest absolute Gasteiger partial charge is 0.358 e. The van der Waals surface area contributed by atoms with Crippen LogP contribution in [0.15, 0.2) is 0 Å². The lowest BCUT2D eigenvalue weighted by molar-refractivity contribution is -0.0169.